The Bertz CT molecular complexity index is 1400. The van der Waals surface area contributed by atoms with Gasteiger partial charge in [-0.25, -0.2) is 8.42 Å². The quantitative estimate of drug-likeness (QED) is 0.331. The molecule has 9 heteroatoms. The summed E-state index contributed by atoms with van der Waals surface area (Å²) in [7, 11) is -4.10. The molecular weight excluding hydrogens is 534 g/mol. The lowest BCUT2D eigenvalue weighted by atomic mass is 10.1. The number of aryl methyl sites for hydroxylation is 2. The van der Waals surface area contributed by atoms with Gasteiger partial charge in [0, 0.05) is 17.6 Å². The molecule has 0 aliphatic rings. The maximum atomic E-state index is 14.0. The van der Waals surface area contributed by atoms with Crippen LogP contribution < -0.4 is 9.62 Å². The summed E-state index contributed by atoms with van der Waals surface area (Å²) in [5.41, 5.74) is 2.86. The Balaban J connectivity index is 2.04. The molecule has 2 atom stereocenters. The monoisotopic (exact) mass is 569 g/mol. The lowest BCUT2D eigenvalue weighted by Gasteiger charge is -2.33. The SMILES string of the molecule is CC[C@H](C)NC(=O)[C@@H](C)N(Cc1ccc(Cl)cc1)C(=O)CN(c1ccc(C)cc1C)S(=O)(=O)c1ccccc1. The van der Waals surface area contributed by atoms with E-state index in [1.54, 1.807) is 55.5 Å². The standard InChI is InChI=1S/C30H36ClN3O4S/c1-6-23(4)32-30(36)24(5)33(19-25-13-15-26(31)16-14-25)29(35)20-34(28-17-12-21(2)18-22(28)3)39(37,38)27-10-8-7-9-11-27/h7-18,23-24H,6,19-20H2,1-5H3,(H,32,36)/t23-,24+/m0/s1. The molecular formula is C30H36ClN3O4S. The Labute approximate surface area is 236 Å². The summed E-state index contributed by atoms with van der Waals surface area (Å²) in [5.74, 6) is -0.813. The summed E-state index contributed by atoms with van der Waals surface area (Å²) in [4.78, 5) is 28.6. The first-order chi connectivity index (χ1) is 18.4. The first-order valence-electron chi connectivity index (χ1n) is 12.9. The molecule has 1 N–H and O–H groups in total. The third kappa shape index (κ3) is 7.61. The van der Waals surface area contributed by atoms with Crippen molar-refractivity contribution >= 4 is 39.1 Å². The van der Waals surface area contributed by atoms with E-state index in [-0.39, 0.29) is 23.4 Å². The predicted octanol–water partition coefficient (Wildman–Crippen LogP) is 5.48. The van der Waals surface area contributed by atoms with Gasteiger partial charge in [-0.1, -0.05) is 66.6 Å². The van der Waals surface area contributed by atoms with E-state index in [4.69, 9.17) is 11.6 Å². The van der Waals surface area contributed by atoms with E-state index in [0.717, 1.165) is 21.9 Å². The van der Waals surface area contributed by atoms with E-state index in [1.807, 2.05) is 39.8 Å². The number of benzene rings is 3. The minimum atomic E-state index is -4.10. The second-order valence-electron chi connectivity index (χ2n) is 9.76. The molecule has 7 nitrogen and oxygen atoms in total. The van der Waals surface area contributed by atoms with E-state index in [0.29, 0.717) is 16.3 Å². The molecule has 3 aromatic carbocycles. The van der Waals surface area contributed by atoms with Crippen LogP contribution in [0.1, 0.15) is 43.9 Å². The first-order valence-corrected chi connectivity index (χ1v) is 14.7. The Morgan fingerprint density at radius 3 is 2.18 bits per heavy atom. The number of sulfonamides is 1. The van der Waals surface area contributed by atoms with Crippen LogP contribution in [0, 0.1) is 13.8 Å². The number of carbonyl (C=O) groups is 2. The first kappa shape index (κ1) is 30.2. The van der Waals surface area contributed by atoms with Gasteiger partial charge in [0.05, 0.1) is 10.6 Å². The summed E-state index contributed by atoms with van der Waals surface area (Å²) < 4.78 is 28.9. The zero-order chi connectivity index (χ0) is 28.7. The van der Waals surface area contributed by atoms with Crippen LogP contribution >= 0.6 is 11.6 Å². The average molecular weight is 570 g/mol. The van der Waals surface area contributed by atoms with E-state index in [2.05, 4.69) is 5.32 Å². The predicted molar refractivity (Wildman–Crippen MR) is 156 cm³/mol. The highest BCUT2D eigenvalue weighted by molar-refractivity contribution is 7.92. The third-order valence-corrected chi connectivity index (χ3v) is 8.69. The van der Waals surface area contributed by atoms with Crippen molar-refractivity contribution in [2.24, 2.45) is 0 Å². The Kier molecular flexibility index (Phi) is 10.2. The molecule has 3 aromatic rings. The highest BCUT2D eigenvalue weighted by atomic mass is 35.5. The van der Waals surface area contributed by atoms with Crippen LogP contribution in [0.4, 0.5) is 5.69 Å². The summed E-state index contributed by atoms with van der Waals surface area (Å²) in [6.07, 6.45) is 0.736. The smallest absolute Gasteiger partial charge is 0.264 e. The van der Waals surface area contributed by atoms with Crippen molar-refractivity contribution in [3.63, 3.8) is 0 Å². The molecule has 39 heavy (non-hydrogen) atoms. The van der Waals surface area contributed by atoms with Gasteiger partial charge >= 0.3 is 0 Å². The summed E-state index contributed by atoms with van der Waals surface area (Å²) in [6.45, 7) is 8.87. The summed E-state index contributed by atoms with van der Waals surface area (Å²) in [6, 6.07) is 19.5. The lowest BCUT2D eigenvalue weighted by molar-refractivity contribution is -0.139. The lowest BCUT2D eigenvalue weighted by Crippen LogP contribution is -2.52. The van der Waals surface area contributed by atoms with Gasteiger partial charge in [-0.05, 0) is 75.6 Å². The van der Waals surface area contributed by atoms with Gasteiger partial charge in [-0.3, -0.25) is 13.9 Å². The van der Waals surface area contributed by atoms with Crippen molar-refractivity contribution in [2.75, 3.05) is 10.8 Å². The van der Waals surface area contributed by atoms with Crippen molar-refractivity contribution in [3.8, 4) is 0 Å². The van der Waals surface area contributed by atoms with Crippen LogP contribution in [0.3, 0.4) is 0 Å². The highest BCUT2D eigenvalue weighted by Gasteiger charge is 2.33. The van der Waals surface area contributed by atoms with Crippen molar-refractivity contribution in [3.05, 3.63) is 94.5 Å². The molecule has 0 aliphatic carbocycles. The van der Waals surface area contributed by atoms with E-state index in [9.17, 15) is 18.0 Å². The largest absolute Gasteiger partial charge is 0.352 e. The number of amides is 2. The highest BCUT2D eigenvalue weighted by Crippen LogP contribution is 2.28. The number of halogens is 1. The molecule has 0 bridgehead atoms. The maximum absolute atomic E-state index is 14.0. The molecule has 0 radical (unpaired) electrons. The average Bonchev–Trinajstić information content (AvgIpc) is 2.91. The molecule has 0 unspecified atom stereocenters. The zero-order valence-corrected chi connectivity index (χ0v) is 24.6. The Hall–Kier alpha value is -3.36. The summed E-state index contributed by atoms with van der Waals surface area (Å²) in [5, 5.41) is 3.48. The fraction of sp³-hybridized carbons (Fsp3) is 0.333. The van der Waals surface area contributed by atoms with Crippen LogP contribution in [-0.4, -0.2) is 43.8 Å². The van der Waals surface area contributed by atoms with Crippen LogP contribution in [0.25, 0.3) is 0 Å². The van der Waals surface area contributed by atoms with Crippen LogP contribution in [0.15, 0.2) is 77.7 Å². The van der Waals surface area contributed by atoms with Crippen LogP contribution in [0.5, 0.6) is 0 Å². The molecule has 2 amide bonds. The fourth-order valence-corrected chi connectivity index (χ4v) is 5.78. The molecule has 0 fully saturated rings. The van der Waals surface area contributed by atoms with Crippen LogP contribution in [-0.2, 0) is 26.2 Å². The molecule has 208 valence electrons. The Morgan fingerprint density at radius 2 is 1.59 bits per heavy atom. The molecule has 0 heterocycles. The molecule has 3 rings (SSSR count). The van der Waals surface area contributed by atoms with Gasteiger partial charge in [-0.15, -0.1) is 0 Å². The fourth-order valence-electron chi connectivity index (χ4n) is 4.15. The van der Waals surface area contributed by atoms with Gasteiger partial charge in [0.1, 0.15) is 12.6 Å². The van der Waals surface area contributed by atoms with Gasteiger partial charge < -0.3 is 10.2 Å². The molecule has 0 aliphatic heterocycles. The maximum Gasteiger partial charge on any atom is 0.264 e. The number of rotatable bonds is 11. The van der Waals surface area contributed by atoms with Gasteiger partial charge in [0.15, 0.2) is 0 Å². The minimum Gasteiger partial charge on any atom is -0.352 e. The zero-order valence-electron chi connectivity index (χ0n) is 23.0. The molecule has 0 saturated carbocycles. The Morgan fingerprint density at radius 1 is 0.949 bits per heavy atom. The van der Waals surface area contributed by atoms with Gasteiger partial charge in [0.25, 0.3) is 10.0 Å². The number of carbonyl (C=O) groups excluding carboxylic acids is 2. The van der Waals surface area contributed by atoms with Crippen molar-refractivity contribution in [2.45, 2.75) is 64.6 Å². The molecule has 0 aromatic heterocycles. The van der Waals surface area contributed by atoms with E-state index >= 15 is 0 Å². The number of nitrogens with zero attached hydrogens (tertiary/aromatic N) is 2. The van der Waals surface area contributed by atoms with Gasteiger partial charge in [-0.2, -0.15) is 0 Å². The van der Waals surface area contributed by atoms with Gasteiger partial charge in [0.2, 0.25) is 11.8 Å². The summed E-state index contributed by atoms with van der Waals surface area (Å²) >= 11 is 6.05. The molecule has 0 spiro atoms. The second-order valence-corrected chi connectivity index (χ2v) is 12.1. The van der Waals surface area contributed by atoms with Crippen molar-refractivity contribution in [1.82, 2.24) is 10.2 Å². The van der Waals surface area contributed by atoms with E-state index < -0.39 is 28.5 Å². The minimum absolute atomic E-state index is 0.0717. The second kappa shape index (κ2) is 13.1. The van der Waals surface area contributed by atoms with Crippen molar-refractivity contribution in [1.29, 1.82) is 0 Å². The number of nitrogens with one attached hydrogen (secondary N) is 1. The topological polar surface area (TPSA) is 86.8 Å². The number of hydrogen-bond donors (Lipinski definition) is 1. The van der Waals surface area contributed by atoms with Crippen LogP contribution in [0.2, 0.25) is 5.02 Å². The number of anilines is 1. The van der Waals surface area contributed by atoms with E-state index in [1.165, 1.54) is 17.0 Å². The molecule has 0 saturated heterocycles. The van der Waals surface area contributed by atoms with Crippen molar-refractivity contribution < 1.29 is 18.0 Å². The number of hydrogen-bond acceptors (Lipinski definition) is 4. The third-order valence-electron chi connectivity index (χ3n) is 6.67. The normalized spacial score (nSPS) is 12.9.